The molecule has 0 aromatic carbocycles. The molecule has 0 aromatic heterocycles. The fraction of sp³-hybridized carbons (Fsp3) is 0.375. The van der Waals surface area contributed by atoms with Crippen LogP contribution in [-0.4, -0.2) is 31.9 Å². The zero-order valence-electron chi connectivity index (χ0n) is 7.57. The number of carbonyl (C=O) groups excluding carboxylic acids is 2. The highest BCUT2D eigenvalue weighted by Gasteiger charge is 2.04. The maximum absolute atomic E-state index is 10.7. The van der Waals surface area contributed by atoms with Crippen LogP contribution in [-0.2, 0) is 19.1 Å². The molecule has 0 atom stereocenters. The third kappa shape index (κ3) is 4.73. The standard InChI is InChI=1S/C8H11NO4/c1-4-13-7(10)5-9-6(2)8(11)12-3/h5H,2,4H2,1,3H3. The number of carbonyl (C=O) groups is 2. The molecule has 0 aliphatic rings. The van der Waals surface area contributed by atoms with Gasteiger partial charge in [-0.05, 0) is 6.92 Å². The zero-order chi connectivity index (χ0) is 10.3. The minimum absolute atomic E-state index is 0.143. The lowest BCUT2D eigenvalue weighted by Crippen LogP contribution is -2.07. The quantitative estimate of drug-likeness (QED) is 0.359. The molecular formula is C8H11NO4. The first kappa shape index (κ1) is 11.4. The molecule has 72 valence electrons. The molecule has 0 amide bonds. The lowest BCUT2D eigenvalue weighted by molar-refractivity contribution is -0.136. The summed E-state index contributed by atoms with van der Waals surface area (Å²) >= 11 is 0. The molecule has 13 heavy (non-hydrogen) atoms. The predicted molar refractivity (Wildman–Crippen MR) is 46.3 cm³/mol. The van der Waals surface area contributed by atoms with Crippen molar-refractivity contribution in [2.24, 2.45) is 4.99 Å². The summed E-state index contributed by atoms with van der Waals surface area (Å²) in [6.07, 6.45) is 0.878. The Labute approximate surface area is 76.0 Å². The molecule has 0 aliphatic carbocycles. The highest BCUT2D eigenvalue weighted by Crippen LogP contribution is 1.93. The maximum atomic E-state index is 10.7. The first-order valence-corrected chi connectivity index (χ1v) is 3.59. The SMILES string of the molecule is C=C(N=CC(=O)OCC)C(=O)OC. The van der Waals surface area contributed by atoms with Crippen LogP contribution in [0.25, 0.3) is 0 Å². The maximum Gasteiger partial charge on any atom is 0.356 e. The second-order valence-electron chi connectivity index (χ2n) is 1.95. The number of esters is 2. The predicted octanol–water partition coefficient (Wildman–Crippen LogP) is 0.307. The van der Waals surface area contributed by atoms with Crippen molar-refractivity contribution in [1.82, 2.24) is 0 Å². The lowest BCUT2D eigenvalue weighted by Gasteiger charge is -1.96. The van der Waals surface area contributed by atoms with Crippen LogP contribution in [0.4, 0.5) is 0 Å². The van der Waals surface area contributed by atoms with E-state index in [-0.39, 0.29) is 12.3 Å². The fourth-order valence-electron chi connectivity index (χ4n) is 0.481. The average molecular weight is 185 g/mol. The van der Waals surface area contributed by atoms with E-state index in [1.807, 2.05) is 0 Å². The second-order valence-corrected chi connectivity index (χ2v) is 1.95. The van der Waals surface area contributed by atoms with E-state index in [9.17, 15) is 9.59 Å². The van der Waals surface area contributed by atoms with Gasteiger partial charge in [0.15, 0.2) is 0 Å². The molecule has 0 rings (SSSR count). The summed E-state index contributed by atoms with van der Waals surface area (Å²) in [6.45, 7) is 5.20. The van der Waals surface area contributed by atoms with Crippen LogP contribution in [0, 0.1) is 0 Å². The summed E-state index contributed by atoms with van der Waals surface area (Å²) in [7, 11) is 1.20. The number of rotatable bonds is 4. The van der Waals surface area contributed by atoms with Gasteiger partial charge in [0.05, 0.1) is 13.7 Å². The zero-order valence-corrected chi connectivity index (χ0v) is 7.57. The molecule has 0 radical (unpaired) electrons. The Morgan fingerprint density at radius 2 is 2.15 bits per heavy atom. The van der Waals surface area contributed by atoms with Gasteiger partial charge in [-0.3, -0.25) is 0 Å². The lowest BCUT2D eigenvalue weighted by atomic mass is 10.5. The third-order valence-electron chi connectivity index (χ3n) is 1.03. The number of hydrogen-bond donors (Lipinski definition) is 0. The Bertz CT molecular complexity index is 245. The van der Waals surface area contributed by atoms with Crippen molar-refractivity contribution in [1.29, 1.82) is 0 Å². The topological polar surface area (TPSA) is 65.0 Å². The van der Waals surface area contributed by atoms with Gasteiger partial charge >= 0.3 is 11.9 Å². The summed E-state index contributed by atoms with van der Waals surface area (Å²) in [4.78, 5) is 24.8. The molecule has 0 unspecified atom stereocenters. The van der Waals surface area contributed by atoms with Crippen LogP contribution in [0.3, 0.4) is 0 Å². The number of hydrogen-bond acceptors (Lipinski definition) is 5. The third-order valence-corrected chi connectivity index (χ3v) is 1.03. The summed E-state index contributed by atoms with van der Waals surface area (Å²) in [6, 6.07) is 0. The molecule has 0 aliphatic heterocycles. The Kier molecular flexibility index (Phi) is 5.18. The fourth-order valence-corrected chi connectivity index (χ4v) is 0.481. The smallest absolute Gasteiger partial charge is 0.356 e. The first-order valence-electron chi connectivity index (χ1n) is 3.59. The Morgan fingerprint density at radius 3 is 2.62 bits per heavy atom. The van der Waals surface area contributed by atoms with Crippen LogP contribution in [0.1, 0.15) is 6.92 Å². The molecule has 0 spiro atoms. The Hall–Kier alpha value is -1.65. The van der Waals surface area contributed by atoms with E-state index in [0.717, 1.165) is 6.21 Å². The molecule has 5 heteroatoms. The highest BCUT2D eigenvalue weighted by atomic mass is 16.5. The van der Waals surface area contributed by atoms with E-state index in [1.165, 1.54) is 7.11 Å². The van der Waals surface area contributed by atoms with Crippen molar-refractivity contribution in [2.75, 3.05) is 13.7 Å². The Morgan fingerprint density at radius 1 is 1.54 bits per heavy atom. The van der Waals surface area contributed by atoms with Crippen molar-refractivity contribution in [2.45, 2.75) is 6.92 Å². The van der Waals surface area contributed by atoms with Crippen LogP contribution in [0.5, 0.6) is 0 Å². The van der Waals surface area contributed by atoms with Crippen LogP contribution < -0.4 is 0 Å². The average Bonchev–Trinajstić information content (AvgIpc) is 2.13. The van der Waals surface area contributed by atoms with Gasteiger partial charge in [-0.25, -0.2) is 14.6 Å². The van der Waals surface area contributed by atoms with Crippen molar-refractivity contribution in [3.8, 4) is 0 Å². The second kappa shape index (κ2) is 5.93. The molecule has 0 N–H and O–H groups in total. The monoisotopic (exact) mass is 185 g/mol. The highest BCUT2D eigenvalue weighted by molar-refractivity contribution is 6.23. The molecular weight excluding hydrogens is 174 g/mol. The van der Waals surface area contributed by atoms with E-state index < -0.39 is 11.9 Å². The molecule has 0 bridgehead atoms. The normalized spacial score (nSPS) is 9.69. The number of aliphatic imine (C=N–C) groups is 1. The molecule has 0 saturated carbocycles. The molecule has 0 saturated heterocycles. The first-order chi connectivity index (χ1) is 6.11. The molecule has 0 fully saturated rings. The van der Waals surface area contributed by atoms with Gasteiger partial charge in [-0.2, -0.15) is 0 Å². The van der Waals surface area contributed by atoms with Crippen molar-refractivity contribution in [3.63, 3.8) is 0 Å². The molecule has 0 heterocycles. The minimum Gasteiger partial charge on any atom is -0.464 e. The molecule has 5 nitrogen and oxygen atoms in total. The van der Waals surface area contributed by atoms with Gasteiger partial charge in [0.1, 0.15) is 11.9 Å². The van der Waals surface area contributed by atoms with Crippen molar-refractivity contribution < 1.29 is 19.1 Å². The minimum atomic E-state index is -0.680. The number of nitrogens with zero attached hydrogens (tertiary/aromatic N) is 1. The number of ether oxygens (including phenoxy) is 2. The molecule has 0 aromatic rings. The summed E-state index contributed by atoms with van der Waals surface area (Å²) < 4.78 is 8.82. The van der Waals surface area contributed by atoms with Gasteiger partial charge in [0.2, 0.25) is 0 Å². The van der Waals surface area contributed by atoms with Crippen molar-refractivity contribution in [3.05, 3.63) is 12.3 Å². The van der Waals surface area contributed by atoms with Gasteiger partial charge in [-0.15, -0.1) is 0 Å². The summed E-state index contributed by atoms with van der Waals surface area (Å²) in [5.41, 5.74) is -0.143. The van der Waals surface area contributed by atoms with Crippen molar-refractivity contribution >= 4 is 18.2 Å². The van der Waals surface area contributed by atoms with E-state index in [0.29, 0.717) is 0 Å². The van der Waals surface area contributed by atoms with Crippen LogP contribution in [0.15, 0.2) is 17.3 Å². The Balaban J connectivity index is 4.04. The van der Waals surface area contributed by atoms with E-state index in [4.69, 9.17) is 0 Å². The van der Waals surface area contributed by atoms with Crippen LogP contribution in [0.2, 0.25) is 0 Å². The van der Waals surface area contributed by atoms with Gasteiger partial charge in [0.25, 0.3) is 0 Å². The van der Waals surface area contributed by atoms with Gasteiger partial charge in [-0.1, -0.05) is 6.58 Å². The largest absolute Gasteiger partial charge is 0.464 e. The van der Waals surface area contributed by atoms with E-state index >= 15 is 0 Å². The van der Waals surface area contributed by atoms with Crippen LogP contribution >= 0.6 is 0 Å². The summed E-state index contributed by atoms with van der Waals surface area (Å²) in [5.74, 6) is -1.30. The summed E-state index contributed by atoms with van der Waals surface area (Å²) in [5, 5.41) is 0. The van der Waals surface area contributed by atoms with E-state index in [1.54, 1.807) is 6.92 Å². The van der Waals surface area contributed by atoms with Gasteiger partial charge < -0.3 is 9.47 Å². The van der Waals surface area contributed by atoms with Gasteiger partial charge in [0, 0.05) is 0 Å². The number of methoxy groups -OCH3 is 1. The van der Waals surface area contributed by atoms with E-state index in [2.05, 4.69) is 21.0 Å².